The van der Waals surface area contributed by atoms with Crippen LogP contribution in [0.2, 0.25) is 5.02 Å². The van der Waals surface area contributed by atoms with Crippen LogP contribution in [0.4, 0.5) is 5.69 Å². The molecule has 1 unspecified atom stereocenters. The van der Waals surface area contributed by atoms with E-state index in [-0.39, 0.29) is 15.6 Å². The highest BCUT2D eigenvalue weighted by Crippen LogP contribution is 2.33. The molecule has 8 nitrogen and oxygen atoms in total. The van der Waals surface area contributed by atoms with E-state index >= 15 is 0 Å². The number of rotatable bonds is 10. The molecule has 10 heteroatoms. The van der Waals surface area contributed by atoms with Gasteiger partial charge in [0.05, 0.1) is 23.5 Å². The lowest BCUT2D eigenvalue weighted by atomic mass is 10.1. The van der Waals surface area contributed by atoms with E-state index in [1.54, 1.807) is 36.5 Å². The average molecular weight is 515 g/mol. The van der Waals surface area contributed by atoms with Gasteiger partial charge in [-0.15, -0.1) is 0 Å². The van der Waals surface area contributed by atoms with E-state index in [1.165, 1.54) is 19.1 Å². The zero-order chi connectivity index (χ0) is 25.6. The van der Waals surface area contributed by atoms with Gasteiger partial charge >= 0.3 is 0 Å². The maximum Gasteiger partial charge on any atom is 0.266 e. The molecule has 3 aromatic carbocycles. The first-order chi connectivity index (χ1) is 16.6. The minimum absolute atomic E-state index is 0.0436. The van der Waals surface area contributed by atoms with Crippen LogP contribution in [0.1, 0.15) is 23.6 Å². The van der Waals surface area contributed by atoms with Crippen LogP contribution in [0.25, 0.3) is 0 Å². The van der Waals surface area contributed by atoms with Crippen molar-refractivity contribution in [2.75, 3.05) is 10.9 Å². The lowest BCUT2D eigenvalue weighted by Crippen LogP contribution is -2.46. The van der Waals surface area contributed by atoms with Crippen LogP contribution in [0.3, 0.4) is 0 Å². The number of benzene rings is 3. The Morgan fingerprint density at radius 2 is 1.83 bits per heavy atom. The third-order valence-corrected chi connectivity index (χ3v) is 7.69. The number of primary amides is 1. The maximum absolute atomic E-state index is 13.6. The molecule has 0 radical (unpaired) electrons. The van der Waals surface area contributed by atoms with Crippen molar-refractivity contribution in [3.8, 4) is 5.75 Å². The van der Waals surface area contributed by atoms with Crippen molar-refractivity contribution in [2.45, 2.75) is 31.2 Å². The number of anilines is 1. The number of halogens is 1. The van der Waals surface area contributed by atoms with Gasteiger partial charge in [0.2, 0.25) is 5.91 Å². The number of amides is 1. The Bertz CT molecular complexity index is 1330. The number of aryl methyl sites for hydroxylation is 1. The van der Waals surface area contributed by atoms with Crippen LogP contribution in [0.5, 0.6) is 5.75 Å². The number of hydrogen-bond donors (Lipinski definition) is 2. The minimum Gasteiger partial charge on any atom is -0.493 e. The van der Waals surface area contributed by atoms with Crippen molar-refractivity contribution in [3.63, 3.8) is 0 Å². The van der Waals surface area contributed by atoms with Gasteiger partial charge in [-0.3, -0.25) is 9.10 Å². The molecule has 0 aromatic heterocycles. The second kappa shape index (κ2) is 11.2. The van der Waals surface area contributed by atoms with E-state index in [1.807, 2.05) is 31.2 Å². The van der Waals surface area contributed by atoms with Crippen molar-refractivity contribution < 1.29 is 17.9 Å². The first-order valence-electron chi connectivity index (χ1n) is 10.8. The van der Waals surface area contributed by atoms with Crippen LogP contribution in [-0.4, -0.2) is 33.2 Å². The number of hydrogen-bond acceptors (Lipinski definition) is 6. The Morgan fingerprint density at radius 3 is 2.46 bits per heavy atom. The molecule has 0 spiro atoms. The molecule has 0 heterocycles. The molecule has 1 amide bonds. The average Bonchev–Trinajstić information content (AvgIpc) is 2.80. The van der Waals surface area contributed by atoms with Gasteiger partial charge in [0.1, 0.15) is 16.7 Å². The Hall–Kier alpha value is -3.56. The van der Waals surface area contributed by atoms with Crippen LogP contribution in [0.15, 0.2) is 76.7 Å². The normalized spacial score (nSPS) is 12.4. The molecular formula is C25H27ClN4O4S. The van der Waals surface area contributed by atoms with E-state index in [0.29, 0.717) is 18.8 Å². The monoisotopic (exact) mass is 514 g/mol. The summed E-state index contributed by atoms with van der Waals surface area (Å²) in [5.41, 5.74) is 8.45. The van der Waals surface area contributed by atoms with Crippen LogP contribution in [0, 0.1) is 6.92 Å². The first kappa shape index (κ1) is 26.1. The quantitative estimate of drug-likeness (QED) is 0.242. The van der Waals surface area contributed by atoms with Crippen LogP contribution in [-0.2, 0) is 21.2 Å². The van der Waals surface area contributed by atoms with Crippen molar-refractivity contribution in [3.05, 3.63) is 88.4 Å². The highest BCUT2D eigenvalue weighted by atomic mass is 35.5. The topological polar surface area (TPSA) is 128 Å². The minimum atomic E-state index is -4.21. The second-order valence-electron chi connectivity index (χ2n) is 7.93. The number of carbonyl (C=O) groups excluding carboxylic acids is 1. The van der Waals surface area contributed by atoms with Gasteiger partial charge in [-0.2, -0.15) is 5.10 Å². The molecule has 4 N–H and O–H groups in total. The van der Waals surface area contributed by atoms with Gasteiger partial charge < -0.3 is 16.3 Å². The fourth-order valence-corrected chi connectivity index (χ4v) is 5.64. The number of sulfonamides is 1. The molecule has 0 aliphatic rings. The highest BCUT2D eigenvalue weighted by molar-refractivity contribution is 7.93. The Morgan fingerprint density at radius 1 is 1.14 bits per heavy atom. The molecule has 1 atom stereocenters. The number of hydrazone groups is 1. The largest absolute Gasteiger partial charge is 0.493 e. The fourth-order valence-electron chi connectivity index (χ4n) is 3.53. The molecule has 0 bridgehead atoms. The fraction of sp³-hybridized carbons (Fsp3) is 0.200. The predicted molar refractivity (Wildman–Crippen MR) is 138 cm³/mol. The van der Waals surface area contributed by atoms with Gasteiger partial charge in [0.25, 0.3) is 10.0 Å². The van der Waals surface area contributed by atoms with Crippen LogP contribution >= 0.6 is 11.6 Å². The number of ether oxygens (including phenoxy) is 1. The number of carbonyl (C=O) groups is 1. The molecule has 0 fully saturated rings. The van der Waals surface area contributed by atoms with Crippen molar-refractivity contribution in [1.29, 1.82) is 0 Å². The van der Waals surface area contributed by atoms with E-state index in [9.17, 15) is 13.2 Å². The summed E-state index contributed by atoms with van der Waals surface area (Å²) in [5, 5.41) is 3.54. The van der Waals surface area contributed by atoms with E-state index in [0.717, 1.165) is 21.0 Å². The smallest absolute Gasteiger partial charge is 0.266 e. The van der Waals surface area contributed by atoms with Gasteiger partial charge in [-0.1, -0.05) is 48.0 Å². The standard InChI is InChI=1S/C25H27ClN4O4S/c1-17-13-21(15-22(14-17)34-12-11-19-7-9-20(10-8-19)16-29-28)30(18(2)25(27)31)35(32,33)24-6-4-3-5-23(24)26/h3-10,13-16,18H,11-12,28H2,1-2H3,(H2,27,31). The molecule has 35 heavy (non-hydrogen) atoms. The number of nitrogens with zero attached hydrogens (tertiary/aromatic N) is 2. The first-order valence-corrected chi connectivity index (χ1v) is 12.6. The van der Waals surface area contributed by atoms with E-state index in [2.05, 4.69) is 5.10 Å². The summed E-state index contributed by atoms with van der Waals surface area (Å²) >= 11 is 6.18. The molecule has 0 aliphatic heterocycles. The lowest BCUT2D eigenvalue weighted by molar-refractivity contribution is -0.118. The van der Waals surface area contributed by atoms with Crippen molar-refractivity contribution in [1.82, 2.24) is 0 Å². The van der Waals surface area contributed by atoms with Gasteiger partial charge in [0, 0.05) is 12.5 Å². The van der Waals surface area contributed by atoms with Gasteiger partial charge in [0.15, 0.2) is 0 Å². The summed E-state index contributed by atoms with van der Waals surface area (Å²) in [5.74, 6) is 4.83. The van der Waals surface area contributed by atoms with E-state index < -0.39 is 22.0 Å². The number of nitrogens with two attached hydrogens (primary N) is 2. The lowest BCUT2D eigenvalue weighted by Gasteiger charge is -2.29. The SMILES string of the molecule is Cc1cc(OCCc2ccc(C=NN)cc2)cc(N(C(C)C(N)=O)S(=O)(=O)c2ccccc2Cl)c1. The summed E-state index contributed by atoms with van der Waals surface area (Å²) in [6.07, 6.45) is 2.19. The third-order valence-electron chi connectivity index (χ3n) is 5.29. The molecule has 0 saturated carbocycles. The summed E-state index contributed by atoms with van der Waals surface area (Å²) in [6, 6.07) is 17.6. The van der Waals surface area contributed by atoms with Crippen molar-refractivity contribution in [2.24, 2.45) is 16.7 Å². The predicted octanol–water partition coefficient (Wildman–Crippen LogP) is 3.63. The zero-order valence-electron chi connectivity index (χ0n) is 19.4. The molecule has 0 saturated heterocycles. The van der Waals surface area contributed by atoms with E-state index in [4.69, 9.17) is 27.9 Å². The second-order valence-corrected chi connectivity index (χ2v) is 10.1. The van der Waals surface area contributed by atoms with Gasteiger partial charge in [-0.05, 0) is 54.8 Å². The summed E-state index contributed by atoms with van der Waals surface area (Å²) in [7, 11) is -4.21. The summed E-state index contributed by atoms with van der Waals surface area (Å²) in [6.45, 7) is 3.60. The third kappa shape index (κ3) is 6.32. The Labute approximate surface area is 210 Å². The van der Waals surface area contributed by atoms with Crippen molar-refractivity contribution >= 4 is 39.4 Å². The Balaban J connectivity index is 1.89. The molecule has 184 valence electrons. The summed E-state index contributed by atoms with van der Waals surface area (Å²) < 4.78 is 34.1. The molecular weight excluding hydrogens is 488 g/mol. The Kier molecular flexibility index (Phi) is 8.37. The van der Waals surface area contributed by atoms with Crippen LogP contribution < -0.4 is 20.6 Å². The maximum atomic E-state index is 13.6. The summed E-state index contributed by atoms with van der Waals surface area (Å²) in [4.78, 5) is 12.0. The molecule has 0 aliphatic carbocycles. The van der Waals surface area contributed by atoms with Gasteiger partial charge in [-0.25, -0.2) is 8.42 Å². The molecule has 3 aromatic rings. The zero-order valence-corrected chi connectivity index (χ0v) is 21.0. The molecule has 3 rings (SSSR count). The highest BCUT2D eigenvalue weighted by Gasteiger charge is 2.34.